The zero-order valence-electron chi connectivity index (χ0n) is 10.1. The van der Waals surface area contributed by atoms with Crippen LogP contribution in [0.25, 0.3) is 0 Å². The van der Waals surface area contributed by atoms with Gasteiger partial charge in [-0.2, -0.15) is 16.9 Å². The van der Waals surface area contributed by atoms with Crippen molar-refractivity contribution in [2.24, 2.45) is 0 Å². The Bertz CT molecular complexity index is 278. The Morgan fingerprint density at radius 3 is 3.19 bits per heavy atom. The number of nitrogens with one attached hydrogen (secondary N) is 1. The van der Waals surface area contributed by atoms with Gasteiger partial charge in [-0.15, -0.1) is 0 Å². The van der Waals surface area contributed by atoms with Crippen LogP contribution in [0.1, 0.15) is 12.1 Å². The second-order valence-corrected chi connectivity index (χ2v) is 4.57. The molecule has 1 heterocycles. The molecule has 0 saturated heterocycles. The van der Waals surface area contributed by atoms with Crippen LogP contribution in [0.5, 0.6) is 0 Å². The van der Waals surface area contributed by atoms with Gasteiger partial charge in [-0.3, -0.25) is 4.68 Å². The van der Waals surface area contributed by atoms with Crippen molar-refractivity contribution in [1.82, 2.24) is 15.1 Å². The fourth-order valence-corrected chi connectivity index (χ4v) is 1.80. The SMILES string of the molecule is COCCNCc1ccn(CCCSC)n1. The van der Waals surface area contributed by atoms with Crippen LogP contribution < -0.4 is 5.32 Å². The van der Waals surface area contributed by atoms with Crippen molar-refractivity contribution in [2.75, 3.05) is 32.3 Å². The van der Waals surface area contributed by atoms with E-state index in [0.717, 1.165) is 31.9 Å². The van der Waals surface area contributed by atoms with Gasteiger partial charge in [0.05, 0.1) is 12.3 Å². The van der Waals surface area contributed by atoms with Crippen molar-refractivity contribution in [2.45, 2.75) is 19.5 Å². The Kier molecular flexibility index (Phi) is 7.29. The van der Waals surface area contributed by atoms with Crippen molar-refractivity contribution in [1.29, 1.82) is 0 Å². The summed E-state index contributed by atoms with van der Waals surface area (Å²) in [5.74, 6) is 1.20. The van der Waals surface area contributed by atoms with Gasteiger partial charge in [-0.1, -0.05) is 0 Å². The number of aromatic nitrogens is 2. The lowest BCUT2D eigenvalue weighted by molar-refractivity contribution is 0.199. The van der Waals surface area contributed by atoms with Gasteiger partial charge < -0.3 is 10.1 Å². The monoisotopic (exact) mass is 243 g/mol. The third kappa shape index (κ3) is 5.53. The first-order valence-corrected chi connectivity index (χ1v) is 6.97. The van der Waals surface area contributed by atoms with Crippen LogP contribution in [-0.4, -0.2) is 42.1 Å². The lowest BCUT2D eigenvalue weighted by Gasteiger charge is -2.01. The number of ether oxygens (including phenoxy) is 1. The summed E-state index contributed by atoms with van der Waals surface area (Å²) in [6, 6.07) is 2.07. The summed E-state index contributed by atoms with van der Waals surface area (Å²) in [4.78, 5) is 0. The van der Waals surface area contributed by atoms with Gasteiger partial charge in [-0.05, 0) is 24.5 Å². The molecule has 0 unspecified atom stereocenters. The highest BCUT2D eigenvalue weighted by Crippen LogP contribution is 2.00. The van der Waals surface area contributed by atoms with E-state index >= 15 is 0 Å². The van der Waals surface area contributed by atoms with E-state index < -0.39 is 0 Å². The van der Waals surface area contributed by atoms with E-state index in [-0.39, 0.29) is 0 Å². The molecule has 0 amide bonds. The molecule has 0 spiro atoms. The molecule has 4 nitrogen and oxygen atoms in total. The van der Waals surface area contributed by atoms with E-state index in [4.69, 9.17) is 4.74 Å². The maximum absolute atomic E-state index is 4.96. The highest BCUT2D eigenvalue weighted by molar-refractivity contribution is 7.98. The van der Waals surface area contributed by atoms with Crippen molar-refractivity contribution in [3.8, 4) is 0 Å². The van der Waals surface area contributed by atoms with Crippen LogP contribution in [0.3, 0.4) is 0 Å². The Labute approximate surface area is 102 Å². The van der Waals surface area contributed by atoms with E-state index in [1.54, 1.807) is 7.11 Å². The molecule has 0 bridgehead atoms. The molecule has 92 valence electrons. The average Bonchev–Trinajstić information content (AvgIpc) is 2.73. The third-order valence-electron chi connectivity index (χ3n) is 2.22. The zero-order valence-corrected chi connectivity index (χ0v) is 10.9. The molecule has 0 fully saturated rings. The second kappa shape index (κ2) is 8.61. The van der Waals surface area contributed by atoms with Crippen molar-refractivity contribution in [3.05, 3.63) is 18.0 Å². The molecule has 1 rings (SSSR count). The molecule has 1 aromatic rings. The van der Waals surface area contributed by atoms with Crippen molar-refractivity contribution in [3.63, 3.8) is 0 Å². The summed E-state index contributed by atoms with van der Waals surface area (Å²) in [5.41, 5.74) is 1.10. The van der Waals surface area contributed by atoms with Gasteiger partial charge >= 0.3 is 0 Å². The summed E-state index contributed by atoms with van der Waals surface area (Å²) in [6.45, 7) is 3.45. The van der Waals surface area contributed by atoms with Crippen LogP contribution in [0.2, 0.25) is 0 Å². The molecule has 1 aromatic heterocycles. The zero-order chi connectivity index (χ0) is 11.6. The van der Waals surface area contributed by atoms with E-state index in [0.29, 0.717) is 0 Å². The molecular weight excluding hydrogens is 222 g/mol. The van der Waals surface area contributed by atoms with E-state index in [2.05, 4.69) is 22.7 Å². The molecular formula is C11H21N3OS. The number of thioether (sulfide) groups is 1. The number of methoxy groups -OCH3 is 1. The molecule has 0 radical (unpaired) electrons. The lowest BCUT2D eigenvalue weighted by atomic mass is 10.4. The fourth-order valence-electron chi connectivity index (χ4n) is 1.38. The quantitative estimate of drug-likeness (QED) is 0.665. The van der Waals surface area contributed by atoms with Gasteiger partial charge in [0.15, 0.2) is 0 Å². The largest absolute Gasteiger partial charge is 0.383 e. The van der Waals surface area contributed by atoms with Crippen LogP contribution in [0.4, 0.5) is 0 Å². The standard InChI is InChI=1S/C11H21N3OS/c1-15-8-5-12-10-11-4-7-14(13-11)6-3-9-16-2/h4,7,12H,3,5-6,8-10H2,1-2H3. The minimum Gasteiger partial charge on any atom is -0.383 e. The number of hydrogen-bond donors (Lipinski definition) is 1. The Balaban J connectivity index is 2.17. The maximum Gasteiger partial charge on any atom is 0.0762 e. The number of rotatable bonds is 9. The first-order chi connectivity index (χ1) is 7.86. The van der Waals surface area contributed by atoms with Gasteiger partial charge in [0.25, 0.3) is 0 Å². The highest BCUT2D eigenvalue weighted by atomic mass is 32.2. The number of nitrogens with zero attached hydrogens (tertiary/aromatic N) is 2. The smallest absolute Gasteiger partial charge is 0.0762 e. The van der Waals surface area contributed by atoms with Crippen molar-refractivity contribution >= 4 is 11.8 Å². The Morgan fingerprint density at radius 1 is 1.56 bits per heavy atom. The van der Waals surface area contributed by atoms with E-state index in [1.807, 2.05) is 22.6 Å². The minimum absolute atomic E-state index is 0.744. The van der Waals surface area contributed by atoms with Gasteiger partial charge in [0.2, 0.25) is 0 Å². The maximum atomic E-state index is 4.96. The lowest BCUT2D eigenvalue weighted by Crippen LogP contribution is -2.19. The molecule has 0 aliphatic heterocycles. The topological polar surface area (TPSA) is 39.1 Å². The van der Waals surface area contributed by atoms with Crippen LogP contribution >= 0.6 is 11.8 Å². The third-order valence-corrected chi connectivity index (χ3v) is 2.92. The fraction of sp³-hybridized carbons (Fsp3) is 0.727. The summed E-state index contributed by atoms with van der Waals surface area (Å²) in [7, 11) is 1.71. The molecule has 0 aliphatic carbocycles. The molecule has 16 heavy (non-hydrogen) atoms. The van der Waals surface area contributed by atoms with Crippen LogP contribution in [0.15, 0.2) is 12.3 Å². The van der Waals surface area contributed by atoms with Crippen LogP contribution in [0, 0.1) is 0 Å². The molecule has 1 N–H and O–H groups in total. The molecule has 0 aliphatic rings. The average molecular weight is 243 g/mol. The van der Waals surface area contributed by atoms with Crippen LogP contribution in [-0.2, 0) is 17.8 Å². The highest BCUT2D eigenvalue weighted by Gasteiger charge is 1.98. The minimum atomic E-state index is 0.744. The normalized spacial score (nSPS) is 10.9. The first kappa shape index (κ1) is 13.5. The van der Waals surface area contributed by atoms with Gasteiger partial charge in [-0.25, -0.2) is 0 Å². The second-order valence-electron chi connectivity index (χ2n) is 3.59. The van der Waals surface area contributed by atoms with E-state index in [1.165, 1.54) is 12.2 Å². The molecule has 5 heteroatoms. The van der Waals surface area contributed by atoms with Crippen molar-refractivity contribution < 1.29 is 4.74 Å². The Hall–Kier alpha value is -0.520. The predicted octanol–water partition coefficient (Wildman–Crippen LogP) is 1.37. The molecule has 0 saturated carbocycles. The van der Waals surface area contributed by atoms with Gasteiger partial charge in [0, 0.05) is 32.9 Å². The number of hydrogen-bond acceptors (Lipinski definition) is 4. The van der Waals surface area contributed by atoms with Gasteiger partial charge in [0.1, 0.15) is 0 Å². The first-order valence-electron chi connectivity index (χ1n) is 5.57. The number of aryl methyl sites for hydroxylation is 1. The summed E-state index contributed by atoms with van der Waals surface area (Å²) >= 11 is 1.88. The molecule has 0 atom stereocenters. The Morgan fingerprint density at radius 2 is 2.44 bits per heavy atom. The summed E-state index contributed by atoms with van der Waals surface area (Å²) in [6.07, 6.45) is 5.36. The summed E-state index contributed by atoms with van der Waals surface area (Å²) in [5, 5.41) is 7.76. The molecule has 0 aromatic carbocycles. The predicted molar refractivity (Wildman–Crippen MR) is 68.8 cm³/mol. The summed E-state index contributed by atoms with van der Waals surface area (Å²) < 4.78 is 6.98. The van der Waals surface area contributed by atoms with E-state index in [9.17, 15) is 0 Å².